The van der Waals surface area contributed by atoms with E-state index in [-0.39, 0.29) is 28.7 Å². The van der Waals surface area contributed by atoms with E-state index in [1.165, 1.54) is 31.6 Å². The third-order valence-electron chi connectivity index (χ3n) is 3.54. The van der Waals surface area contributed by atoms with Crippen LogP contribution in [0.4, 0.5) is 11.4 Å². The number of nitrogens with zero attached hydrogens (tertiary/aromatic N) is 2. The maximum atomic E-state index is 12.3. The molecule has 3 aromatic rings. The highest BCUT2D eigenvalue weighted by Crippen LogP contribution is 2.30. The molecular formula is C17H11Cl2N3O5. The van der Waals surface area contributed by atoms with Crippen molar-refractivity contribution in [3.63, 3.8) is 0 Å². The molecule has 138 valence electrons. The zero-order chi connectivity index (χ0) is 19.6. The van der Waals surface area contributed by atoms with Crippen molar-refractivity contribution in [2.45, 2.75) is 0 Å². The monoisotopic (exact) mass is 407 g/mol. The minimum atomic E-state index is -0.604. The molecule has 0 radical (unpaired) electrons. The number of nitrogens with one attached hydrogen (secondary N) is 1. The first-order valence-corrected chi connectivity index (χ1v) is 8.19. The molecular weight excluding hydrogens is 397 g/mol. The number of amides is 1. The number of benzene rings is 2. The second-order valence-corrected chi connectivity index (χ2v) is 6.08. The van der Waals surface area contributed by atoms with E-state index in [0.29, 0.717) is 15.6 Å². The Bertz CT molecular complexity index is 1040. The van der Waals surface area contributed by atoms with Gasteiger partial charge in [0.2, 0.25) is 5.89 Å². The van der Waals surface area contributed by atoms with Gasteiger partial charge >= 0.3 is 5.69 Å². The van der Waals surface area contributed by atoms with E-state index in [2.05, 4.69) is 10.3 Å². The van der Waals surface area contributed by atoms with E-state index in [4.69, 9.17) is 32.4 Å². The van der Waals surface area contributed by atoms with Crippen LogP contribution in [-0.2, 0) is 0 Å². The summed E-state index contributed by atoms with van der Waals surface area (Å²) in [6.45, 7) is 0. The molecule has 0 atom stereocenters. The summed E-state index contributed by atoms with van der Waals surface area (Å²) in [5.41, 5.74) is 0.483. The second kappa shape index (κ2) is 7.65. The Morgan fingerprint density at radius 2 is 2.00 bits per heavy atom. The normalized spacial score (nSPS) is 10.5. The van der Waals surface area contributed by atoms with Crippen molar-refractivity contribution in [2.24, 2.45) is 0 Å². The van der Waals surface area contributed by atoms with Gasteiger partial charge in [0.1, 0.15) is 6.26 Å². The number of nitro benzene ring substituents is 1. The van der Waals surface area contributed by atoms with E-state index >= 15 is 0 Å². The molecule has 1 amide bonds. The van der Waals surface area contributed by atoms with Gasteiger partial charge in [-0.15, -0.1) is 0 Å². The lowest BCUT2D eigenvalue weighted by molar-refractivity contribution is -0.385. The SMILES string of the molecule is COc1ccc(NC(=O)c2coc(-c3ccc(Cl)c(Cl)c3)n2)cc1[N+](=O)[O-]. The maximum absolute atomic E-state index is 12.3. The van der Waals surface area contributed by atoms with E-state index in [9.17, 15) is 14.9 Å². The number of anilines is 1. The van der Waals surface area contributed by atoms with Crippen LogP contribution in [0.2, 0.25) is 10.0 Å². The molecule has 1 N–H and O–H groups in total. The lowest BCUT2D eigenvalue weighted by atomic mass is 10.2. The summed E-state index contributed by atoms with van der Waals surface area (Å²) >= 11 is 11.8. The van der Waals surface area contributed by atoms with E-state index in [0.717, 1.165) is 0 Å². The maximum Gasteiger partial charge on any atom is 0.312 e. The van der Waals surface area contributed by atoms with E-state index in [1.807, 2.05) is 0 Å². The molecule has 1 heterocycles. The standard InChI is InChI=1S/C17H11Cl2N3O5/c1-26-15-5-3-10(7-14(15)22(24)25)20-16(23)13-8-27-17(21-13)9-2-4-11(18)12(19)6-9/h2-8H,1H3,(H,20,23). The fourth-order valence-electron chi connectivity index (χ4n) is 2.25. The minimum Gasteiger partial charge on any atom is -0.490 e. The minimum absolute atomic E-state index is 0.00505. The Hall–Kier alpha value is -3.10. The summed E-state index contributed by atoms with van der Waals surface area (Å²) in [5, 5.41) is 14.3. The molecule has 0 aliphatic heterocycles. The molecule has 0 bridgehead atoms. The number of carbonyl (C=O) groups excluding carboxylic acids is 1. The lowest BCUT2D eigenvalue weighted by Crippen LogP contribution is -2.12. The Morgan fingerprint density at radius 1 is 1.22 bits per heavy atom. The average Bonchev–Trinajstić information content (AvgIpc) is 3.14. The molecule has 0 unspecified atom stereocenters. The van der Waals surface area contributed by atoms with Crippen LogP contribution in [-0.4, -0.2) is 22.9 Å². The van der Waals surface area contributed by atoms with Crippen molar-refractivity contribution < 1.29 is 18.9 Å². The Morgan fingerprint density at radius 3 is 2.67 bits per heavy atom. The van der Waals surface area contributed by atoms with Gasteiger partial charge in [0.05, 0.1) is 22.1 Å². The van der Waals surface area contributed by atoms with Gasteiger partial charge < -0.3 is 14.5 Å². The lowest BCUT2D eigenvalue weighted by Gasteiger charge is -2.05. The van der Waals surface area contributed by atoms with Gasteiger partial charge in [-0.05, 0) is 30.3 Å². The van der Waals surface area contributed by atoms with Gasteiger partial charge in [-0.25, -0.2) is 4.98 Å². The highest BCUT2D eigenvalue weighted by molar-refractivity contribution is 6.42. The van der Waals surface area contributed by atoms with Crippen molar-refractivity contribution in [1.29, 1.82) is 0 Å². The Balaban J connectivity index is 1.81. The average molecular weight is 408 g/mol. The van der Waals surface area contributed by atoms with Crippen molar-refractivity contribution in [3.8, 4) is 17.2 Å². The zero-order valence-corrected chi connectivity index (χ0v) is 15.2. The van der Waals surface area contributed by atoms with Gasteiger partial charge in [-0.3, -0.25) is 14.9 Å². The summed E-state index contributed by atoms with van der Waals surface area (Å²) in [4.78, 5) is 26.9. The van der Waals surface area contributed by atoms with Crippen LogP contribution < -0.4 is 10.1 Å². The Kier molecular flexibility index (Phi) is 5.29. The number of hydrogen-bond donors (Lipinski definition) is 1. The molecule has 0 aliphatic carbocycles. The molecule has 3 rings (SSSR count). The fourth-order valence-corrected chi connectivity index (χ4v) is 2.54. The predicted octanol–water partition coefficient (Wildman–Crippen LogP) is 4.82. The first kappa shape index (κ1) is 18.7. The van der Waals surface area contributed by atoms with Crippen LogP contribution in [0.15, 0.2) is 47.1 Å². The van der Waals surface area contributed by atoms with Crippen LogP contribution in [0.5, 0.6) is 5.75 Å². The molecule has 2 aromatic carbocycles. The van der Waals surface area contributed by atoms with E-state index in [1.54, 1.807) is 18.2 Å². The highest BCUT2D eigenvalue weighted by atomic mass is 35.5. The molecule has 8 nitrogen and oxygen atoms in total. The van der Waals surface area contributed by atoms with Crippen LogP contribution in [0.3, 0.4) is 0 Å². The largest absolute Gasteiger partial charge is 0.490 e. The van der Waals surface area contributed by atoms with E-state index < -0.39 is 10.8 Å². The van der Waals surface area contributed by atoms with Crippen molar-refractivity contribution in [1.82, 2.24) is 4.98 Å². The number of oxazole rings is 1. The summed E-state index contributed by atoms with van der Waals surface area (Å²) in [5.74, 6) is -0.328. The molecule has 0 fully saturated rings. The first-order valence-electron chi connectivity index (χ1n) is 7.43. The summed E-state index contributed by atoms with van der Waals surface area (Å²) in [6.07, 6.45) is 1.17. The second-order valence-electron chi connectivity index (χ2n) is 5.26. The first-order chi connectivity index (χ1) is 12.9. The topological polar surface area (TPSA) is 108 Å². The quantitative estimate of drug-likeness (QED) is 0.479. The van der Waals surface area contributed by atoms with Gasteiger partial charge in [0.15, 0.2) is 11.4 Å². The van der Waals surface area contributed by atoms with Gasteiger partial charge in [-0.2, -0.15) is 0 Å². The number of ether oxygens (including phenoxy) is 1. The summed E-state index contributed by atoms with van der Waals surface area (Å²) in [7, 11) is 1.32. The van der Waals surface area contributed by atoms with Gasteiger partial charge in [0.25, 0.3) is 5.91 Å². The number of methoxy groups -OCH3 is 1. The third kappa shape index (κ3) is 4.02. The molecule has 0 saturated heterocycles. The molecule has 0 aliphatic rings. The Labute approximate surface area is 162 Å². The smallest absolute Gasteiger partial charge is 0.312 e. The molecule has 0 spiro atoms. The van der Waals surface area contributed by atoms with Crippen molar-refractivity contribution in [2.75, 3.05) is 12.4 Å². The predicted molar refractivity (Wildman–Crippen MR) is 99.6 cm³/mol. The van der Waals surface area contributed by atoms with Crippen LogP contribution in [0, 0.1) is 10.1 Å². The molecule has 27 heavy (non-hydrogen) atoms. The fraction of sp³-hybridized carbons (Fsp3) is 0.0588. The molecule has 1 aromatic heterocycles. The summed E-state index contributed by atoms with van der Waals surface area (Å²) in [6, 6.07) is 8.84. The molecule has 10 heteroatoms. The van der Waals surface area contributed by atoms with Gasteiger partial charge in [0, 0.05) is 17.3 Å². The zero-order valence-electron chi connectivity index (χ0n) is 13.7. The van der Waals surface area contributed by atoms with Crippen molar-refractivity contribution in [3.05, 3.63) is 68.5 Å². The highest BCUT2D eigenvalue weighted by Gasteiger charge is 2.18. The number of hydrogen-bond acceptors (Lipinski definition) is 6. The number of rotatable bonds is 5. The number of nitro groups is 1. The molecule has 0 saturated carbocycles. The van der Waals surface area contributed by atoms with Crippen molar-refractivity contribution >= 4 is 40.5 Å². The van der Waals surface area contributed by atoms with Crippen LogP contribution in [0.25, 0.3) is 11.5 Å². The van der Waals surface area contributed by atoms with Crippen LogP contribution >= 0.6 is 23.2 Å². The van der Waals surface area contributed by atoms with Crippen LogP contribution in [0.1, 0.15) is 10.5 Å². The number of carbonyl (C=O) groups is 1. The third-order valence-corrected chi connectivity index (χ3v) is 4.28. The van der Waals surface area contributed by atoms with Gasteiger partial charge in [-0.1, -0.05) is 23.2 Å². The summed E-state index contributed by atoms with van der Waals surface area (Å²) < 4.78 is 10.2. The number of halogens is 2. The number of aromatic nitrogens is 1.